The van der Waals surface area contributed by atoms with Gasteiger partial charge in [0, 0.05) is 36.2 Å². The average Bonchev–Trinajstić information content (AvgIpc) is 3.17. The largest absolute Gasteiger partial charge is 0.504 e. The van der Waals surface area contributed by atoms with Gasteiger partial charge in [-0.15, -0.1) is 0 Å². The molecule has 3 rings (SSSR count). The molecule has 0 fully saturated rings. The molecule has 1 aliphatic heterocycles. The molecule has 8 nitrogen and oxygen atoms in total. The Kier molecular flexibility index (Phi) is 5.36. The van der Waals surface area contributed by atoms with Gasteiger partial charge in [0.05, 0.1) is 6.61 Å². The van der Waals surface area contributed by atoms with Crippen molar-refractivity contribution in [3.05, 3.63) is 35.2 Å². The van der Waals surface area contributed by atoms with Crippen molar-refractivity contribution < 1.29 is 24.5 Å². The van der Waals surface area contributed by atoms with Crippen molar-refractivity contribution >= 4 is 29.6 Å². The predicted molar refractivity (Wildman–Crippen MR) is 97.4 cm³/mol. The number of anilines is 1. The molecule has 138 valence electrons. The zero-order chi connectivity index (χ0) is 18.7. The molecule has 4 N–H and O–H groups in total. The molecule has 0 radical (unpaired) electrons. The lowest BCUT2D eigenvalue weighted by molar-refractivity contribution is -0.0985. The Balaban J connectivity index is 2.02. The number of furan rings is 1. The van der Waals surface area contributed by atoms with Gasteiger partial charge in [-0.05, 0) is 32.1 Å². The highest BCUT2D eigenvalue weighted by molar-refractivity contribution is 6.20. The molecule has 3 heterocycles. The summed E-state index contributed by atoms with van der Waals surface area (Å²) >= 11 is 0. The third-order valence-electron chi connectivity index (χ3n) is 3.88. The van der Waals surface area contributed by atoms with Gasteiger partial charge in [0.1, 0.15) is 5.56 Å². The molecule has 0 spiro atoms. The number of hydrogen-bond donors (Lipinski definition) is 4. The standard InChI is InChI=1S/C18H21N3O5/c1-3-25-18(24)14-15(23)13(26-17(14)21-10(2)9-22)7-11-8-20-16-12(11)5-4-6-19-16/h4-8,10,18,21-24H,3,9H2,1-2H3. The lowest BCUT2D eigenvalue weighted by Crippen LogP contribution is -2.20. The molecule has 2 aromatic heterocycles. The van der Waals surface area contributed by atoms with Gasteiger partial charge in [-0.3, -0.25) is 0 Å². The molecule has 2 unspecified atom stereocenters. The first-order valence-electron chi connectivity index (χ1n) is 8.29. The van der Waals surface area contributed by atoms with Crippen molar-refractivity contribution in [1.82, 2.24) is 4.98 Å². The van der Waals surface area contributed by atoms with Gasteiger partial charge in [-0.1, -0.05) is 0 Å². The Morgan fingerprint density at radius 3 is 2.96 bits per heavy atom. The van der Waals surface area contributed by atoms with E-state index >= 15 is 0 Å². The van der Waals surface area contributed by atoms with Crippen LogP contribution in [0.5, 0.6) is 5.75 Å². The molecule has 26 heavy (non-hydrogen) atoms. The monoisotopic (exact) mass is 359 g/mol. The first-order chi connectivity index (χ1) is 12.5. The zero-order valence-corrected chi connectivity index (χ0v) is 14.5. The number of allylic oxidation sites excluding steroid dienone is 1. The summed E-state index contributed by atoms with van der Waals surface area (Å²) in [4.78, 5) is 8.38. The fourth-order valence-corrected chi connectivity index (χ4v) is 2.58. The van der Waals surface area contributed by atoms with Crippen LogP contribution in [-0.2, 0) is 4.74 Å². The second-order valence-electron chi connectivity index (χ2n) is 5.83. The highest BCUT2D eigenvalue weighted by atomic mass is 16.6. The van der Waals surface area contributed by atoms with Gasteiger partial charge in [0.25, 0.3) is 0 Å². The number of fused-ring (bicyclic) bond motifs is 1. The van der Waals surface area contributed by atoms with Gasteiger partial charge < -0.3 is 29.8 Å². The molecule has 0 saturated heterocycles. The SMILES string of the molecule is CCOC(O)c1c(NC(C)CO)oc(C=C2C=Nc3ncccc32)c1O. The molecule has 0 aromatic carbocycles. The Bertz CT molecular complexity index is 843. The van der Waals surface area contributed by atoms with E-state index in [4.69, 9.17) is 9.15 Å². The first-order valence-corrected chi connectivity index (χ1v) is 8.29. The quantitative estimate of drug-likeness (QED) is 0.560. The number of ether oxygens (including phenoxy) is 1. The topological polar surface area (TPSA) is 120 Å². The number of pyridine rings is 1. The van der Waals surface area contributed by atoms with E-state index in [1.165, 1.54) is 0 Å². The van der Waals surface area contributed by atoms with E-state index in [-0.39, 0.29) is 42.2 Å². The number of hydrogen-bond acceptors (Lipinski definition) is 8. The zero-order valence-electron chi connectivity index (χ0n) is 14.5. The fraction of sp³-hybridized carbons (Fsp3) is 0.333. The number of aromatic nitrogens is 1. The number of aliphatic hydroxyl groups is 2. The predicted octanol–water partition coefficient (Wildman–Crippen LogP) is 2.46. The maximum absolute atomic E-state index is 10.6. The van der Waals surface area contributed by atoms with Crippen LogP contribution in [0.2, 0.25) is 0 Å². The summed E-state index contributed by atoms with van der Waals surface area (Å²) in [5.74, 6) is 0.631. The minimum atomic E-state index is -1.37. The van der Waals surface area contributed by atoms with Crippen molar-refractivity contribution in [2.75, 3.05) is 18.5 Å². The van der Waals surface area contributed by atoms with Crippen LogP contribution in [0.25, 0.3) is 11.6 Å². The van der Waals surface area contributed by atoms with Crippen LogP contribution in [0.1, 0.15) is 37.0 Å². The molecule has 8 heteroatoms. The lowest BCUT2D eigenvalue weighted by Gasteiger charge is -2.14. The van der Waals surface area contributed by atoms with Crippen LogP contribution in [0.15, 0.2) is 27.7 Å². The third-order valence-corrected chi connectivity index (χ3v) is 3.88. The fourth-order valence-electron chi connectivity index (χ4n) is 2.58. The summed E-state index contributed by atoms with van der Waals surface area (Å²) in [6.07, 6.45) is 3.53. The molecule has 0 aliphatic carbocycles. The maximum Gasteiger partial charge on any atom is 0.206 e. The minimum absolute atomic E-state index is 0.0837. The molecule has 0 saturated carbocycles. The van der Waals surface area contributed by atoms with E-state index < -0.39 is 6.29 Å². The lowest BCUT2D eigenvalue weighted by atomic mass is 10.1. The summed E-state index contributed by atoms with van der Waals surface area (Å²) in [6.45, 7) is 3.57. The second kappa shape index (κ2) is 7.69. The van der Waals surface area contributed by atoms with Crippen molar-refractivity contribution in [1.29, 1.82) is 0 Å². The number of aliphatic imine (C=N–C) groups is 1. The Hall–Kier alpha value is -2.68. The Morgan fingerprint density at radius 1 is 1.42 bits per heavy atom. The molecule has 0 amide bonds. The first kappa shape index (κ1) is 18.1. The van der Waals surface area contributed by atoms with Crippen molar-refractivity contribution in [3.63, 3.8) is 0 Å². The number of nitrogens with one attached hydrogen (secondary N) is 1. The van der Waals surface area contributed by atoms with E-state index in [2.05, 4.69) is 15.3 Å². The number of rotatable bonds is 7. The highest BCUT2D eigenvalue weighted by Crippen LogP contribution is 2.41. The van der Waals surface area contributed by atoms with E-state index in [1.807, 2.05) is 6.07 Å². The van der Waals surface area contributed by atoms with E-state index in [0.717, 1.165) is 11.1 Å². The Morgan fingerprint density at radius 2 is 2.23 bits per heavy atom. The molecule has 2 aromatic rings. The average molecular weight is 359 g/mol. The number of aromatic hydroxyl groups is 1. The minimum Gasteiger partial charge on any atom is -0.504 e. The van der Waals surface area contributed by atoms with Gasteiger partial charge in [0.15, 0.2) is 23.6 Å². The third kappa shape index (κ3) is 3.48. The van der Waals surface area contributed by atoms with E-state index in [1.54, 1.807) is 38.4 Å². The van der Waals surface area contributed by atoms with Gasteiger partial charge >= 0.3 is 0 Å². The van der Waals surface area contributed by atoms with Gasteiger partial charge in [-0.25, -0.2) is 9.98 Å². The number of nitrogens with zero attached hydrogens (tertiary/aromatic N) is 2. The molecule has 0 bridgehead atoms. The van der Waals surface area contributed by atoms with Gasteiger partial charge in [-0.2, -0.15) is 0 Å². The summed E-state index contributed by atoms with van der Waals surface area (Å²) in [7, 11) is 0. The molecule has 2 atom stereocenters. The van der Waals surface area contributed by atoms with Crippen LogP contribution in [0.3, 0.4) is 0 Å². The summed E-state index contributed by atoms with van der Waals surface area (Å²) < 4.78 is 10.9. The van der Waals surface area contributed by atoms with Crippen LogP contribution >= 0.6 is 0 Å². The number of aliphatic hydroxyl groups excluding tert-OH is 2. The Labute approximate surface area is 150 Å². The van der Waals surface area contributed by atoms with Crippen molar-refractivity contribution in [2.24, 2.45) is 4.99 Å². The van der Waals surface area contributed by atoms with Crippen LogP contribution in [0, 0.1) is 0 Å². The van der Waals surface area contributed by atoms with Crippen LogP contribution in [0.4, 0.5) is 11.7 Å². The molecule has 1 aliphatic rings. The van der Waals surface area contributed by atoms with Gasteiger partial charge in [0.2, 0.25) is 5.88 Å². The van der Waals surface area contributed by atoms with E-state index in [9.17, 15) is 15.3 Å². The van der Waals surface area contributed by atoms with Crippen LogP contribution < -0.4 is 5.32 Å². The smallest absolute Gasteiger partial charge is 0.206 e. The molecular weight excluding hydrogens is 338 g/mol. The summed E-state index contributed by atoms with van der Waals surface area (Å²) in [5.41, 5.74) is 1.62. The molecular formula is C18H21N3O5. The van der Waals surface area contributed by atoms with Crippen molar-refractivity contribution in [2.45, 2.75) is 26.2 Å². The van der Waals surface area contributed by atoms with Crippen molar-refractivity contribution in [3.8, 4) is 5.75 Å². The normalized spacial score (nSPS) is 16.7. The second-order valence-corrected chi connectivity index (χ2v) is 5.83. The summed E-state index contributed by atoms with van der Waals surface area (Å²) in [5, 5.41) is 32.9. The maximum atomic E-state index is 10.6. The highest BCUT2D eigenvalue weighted by Gasteiger charge is 2.27. The summed E-state index contributed by atoms with van der Waals surface area (Å²) in [6, 6.07) is 3.32. The van der Waals surface area contributed by atoms with Crippen LogP contribution in [-0.4, -0.2) is 45.8 Å². The van der Waals surface area contributed by atoms with E-state index in [0.29, 0.717) is 5.82 Å².